The van der Waals surface area contributed by atoms with Crippen LogP contribution in [0.25, 0.3) is 0 Å². The second-order valence-electron chi connectivity index (χ2n) is 15.7. The summed E-state index contributed by atoms with van der Waals surface area (Å²) in [4.78, 5) is 10.7. The summed E-state index contributed by atoms with van der Waals surface area (Å²) in [6.07, 6.45) is 0. The second kappa shape index (κ2) is 23.7. The molecule has 0 bridgehead atoms. The molecule has 11 nitrogen and oxygen atoms in total. The van der Waals surface area contributed by atoms with Crippen LogP contribution in [0.15, 0.2) is 200 Å². The lowest BCUT2D eigenvalue weighted by molar-refractivity contribution is -0.384. The van der Waals surface area contributed by atoms with Crippen molar-refractivity contribution in [2.24, 2.45) is 0 Å². The number of nitro groups is 1. The van der Waals surface area contributed by atoms with E-state index in [4.69, 9.17) is 40.6 Å². The van der Waals surface area contributed by atoms with E-state index < -0.39 is 4.92 Å². The minimum Gasteiger partial charge on any atom is -0.489 e. The summed E-state index contributed by atoms with van der Waals surface area (Å²) in [6.45, 7) is 2.27. The Balaban J connectivity index is 1.02. The van der Waals surface area contributed by atoms with Crippen molar-refractivity contribution in [1.29, 1.82) is 0 Å². The quantitative estimate of drug-likeness (QED) is 0.0384. The number of non-ortho nitro benzene ring substituents is 1. The average molecular weight is 924 g/mol. The van der Waals surface area contributed by atoms with Crippen LogP contribution in [0, 0.1) is 10.1 Å². The second-order valence-corrected chi connectivity index (χ2v) is 16.1. The molecule has 342 valence electrons. The van der Waals surface area contributed by atoms with Crippen molar-refractivity contribution in [3.05, 3.63) is 249 Å². The third-order valence-corrected chi connectivity index (χ3v) is 10.7. The fraction of sp³-hybridized carbons (Fsp3) is 0.125. The first-order valence-corrected chi connectivity index (χ1v) is 22.4. The van der Waals surface area contributed by atoms with E-state index in [0.717, 1.165) is 38.9 Å². The molecule has 0 atom stereocenters. The lowest BCUT2D eigenvalue weighted by atomic mass is 10.1. The number of nitro benzene ring substituents is 1. The monoisotopic (exact) mass is 923 g/mol. The van der Waals surface area contributed by atoms with E-state index >= 15 is 0 Å². The maximum absolute atomic E-state index is 11.2. The molecule has 0 fully saturated rings. The van der Waals surface area contributed by atoms with E-state index in [1.807, 2.05) is 176 Å². The van der Waals surface area contributed by atoms with E-state index in [0.29, 0.717) is 78.3 Å². The van der Waals surface area contributed by atoms with Crippen molar-refractivity contribution < 1.29 is 33.3 Å². The van der Waals surface area contributed by atoms with E-state index in [1.54, 1.807) is 12.1 Å². The van der Waals surface area contributed by atoms with Crippen molar-refractivity contribution >= 4 is 28.7 Å². The molecule has 0 saturated heterocycles. The van der Waals surface area contributed by atoms with Gasteiger partial charge in [-0.05, 0) is 99.7 Å². The average Bonchev–Trinajstić information content (AvgIpc) is 3.38. The van der Waals surface area contributed by atoms with Gasteiger partial charge in [0, 0.05) is 42.6 Å². The Kier molecular flexibility index (Phi) is 16.1. The van der Waals surface area contributed by atoms with E-state index in [9.17, 15) is 10.1 Å². The fourth-order valence-corrected chi connectivity index (χ4v) is 7.17. The smallest absolute Gasteiger partial charge is 0.269 e. The minimum absolute atomic E-state index is 0.0106. The van der Waals surface area contributed by atoms with E-state index in [1.165, 1.54) is 12.1 Å². The summed E-state index contributed by atoms with van der Waals surface area (Å²) < 4.78 is 38.1. The SMILES string of the molecule is O=[N+]([O-])c1ccc(NC(=S)NCc2cc(OCc3cc(OCc4ccccc4)cc(OCc4ccccc4)c3)cc(OCc3cc(OCc4ccccc4)cc(OCc4ccccc4)c3)c2)cc1. The molecule has 0 aliphatic rings. The third-order valence-electron chi connectivity index (χ3n) is 10.4. The fourth-order valence-electron chi connectivity index (χ4n) is 6.98. The van der Waals surface area contributed by atoms with Gasteiger partial charge in [0.15, 0.2) is 5.11 Å². The first-order chi connectivity index (χ1) is 33.3. The molecule has 8 aromatic rings. The Morgan fingerprint density at radius 2 is 0.691 bits per heavy atom. The summed E-state index contributed by atoms with van der Waals surface area (Å²) >= 11 is 5.61. The van der Waals surface area contributed by atoms with Gasteiger partial charge in [-0.25, -0.2) is 0 Å². The highest BCUT2D eigenvalue weighted by Gasteiger charge is 2.12. The maximum Gasteiger partial charge on any atom is 0.269 e. The zero-order chi connectivity index (χ0) is 46.8. The molecule has 0 aliphatic carbocycles. The molecule has 0 amide bonds. The maximum atomic E-state index is 11.2. The number of hydrogen-bond acceptors (Lipinski definition) is 9. The molecule has 0 unspecified atom stereocenters. The van der Waals surface area contributed by atoms with E-state index in [-0.39, 0.29) is 18.9 Å². The lowest BCUT2D eigenvalue weighted by Gasteiger charge is -2.16. The molecule has 12 heteroatoms. The Hall–Kier alpha value is -8.35. The molecule has 2 N–H and O–H groups in total. The van der Waals surface area contributed by atoms with Gasteiger partial charge in [0.05, 0.1) is 4.92 Å². The van der Waals surface area contributed by atoms with Crippen LogP contribution in [0.3, 0.4) is 0 Å². The van der Waals surface area contributed by atoms with Gasteiger partial charge in [-0.3, -0.25) is 10.1 Å². The molecule has 0 saturated carbocycles. The summed E-state index contributed by atoms with van der Waals surface area (Å²) in [5.74, 6) is 3.71. The van der Waals surface area contributed by atoms with Crippen LogP contribution in [0.2, 0.25) is 0 Å². The molecule has 0 aliphatic heterocycles. The Bertz CT molecular complexity index is 2590. The van der Waals surface area contributed by atoms with Crippen LogP contribution in [0.1, 0.15) is 38.9 Å². The third kappa shape index (κ3) is 14.6. The molecular weight excluding hydrogens is 875 g/mol. The van der Waals surface area contributed by atoms with Crippen LogP contribution in [-0.2, 0) is 46.2 Å². The van der Waals surface area contributed by atoms with Crippen molar-refractivity contribution in [3.8, 4) is 34.5 Å². The predicted octanol–water partition coefficient (Wildman–Crippen LogP) is 12.6. The molecule has 0 spiro atoms. The summed E-state index contributed by atoms with van der Waals surface area (Å²) in [5, 5.41) is 17.8. The number of ether oxygens (including phenoxy) is 6. The van der Waals surface area contributed by atoms with Gasteiger partial charge in [0.2, 0.25) is 0 Å². The molecule has 0 radical (unpaired) electrons. The number of anilines is 1. The Labute approximate surface area is 401 Å². The summed E-state index contributed by atoms with van der Waals surface area (Å²) in [6, 6.07) is 63.3. The zero-order valence-electron chi connectivity index (χ0n) is 37.1. The van der Waals surface area contributed by atoms with Gasteiger partial charge in [0.25, 0.3) is 5.69 Å². The van der Waals surface area contributed by atoms with Crippen LogP contribution in [-0.4, -0.2) is 10.0 Å². The lowest BCUT2D eigenvalue weighted by Crippen LogP contribution is -2.27. The number of benzene rings is 8. The highest BCUT2D eigenvalue weighted by Crippen LogP contribution is 2.30. The molecule has 68 heavy (non-hydrogen) atoms. The molecule has 0 aromatic heterocycles. The standard InChI is InChI=1S/C56H49N3O8S/c60-59(61)49-23-21-48(22-24-49)58-56(68)57-34-45-25-50(66-39-46-27-52(62-35-41-13-5-1-6-14-41)32-53(28-46)63-36-42-15-7-2-8-16-42)31-51(26-45)67-40-47-29-54(64-37-43-17-9-3-10-18-43)33-55(30-47)65-38-44-19-11-4-12-20-44/h1-33H,34-40H2,(H2,57,58,68). The largest absolute Gasteiger partial charge is 0.489 e. The van der Waals surface area contributed by atoms with Crippen LogP contribution in [0.5, 0.6) is 34.5 Å². The number of thiocarbonyl (C=S) groups is 1. The molecule has 8 rings (SSSR count). The van der Waals surface area contributed by atoms with Crippen molar-refractivity contribution in [2.45, 2.75) is 46.2 Å². The van der Waals surface area contributed by atoms with Crippen LogP contribution < -0.4 is 39.1 Å². The van der Waals surface area contributed by atoms with Crippen LogP contribution >= 0.6 is 12.2 Å². The molecule has 8 aromatic carbocycles. The van der Waals surface area contributed by atoms with Gasteiger partial charge < -0.3 is 39.1 Å². The summed E-state index contributed by atoms with van der Waals surface area (Å²) in [7, 11) is 0. The van der Waals surface area contributed by atoms with Crippen molar-refractivity contribution in [2.75, 3.05) is 5.32 Å². The van der Waals surface area contributed by atoms with Gasteiger partial charge in [-0.15, -0.1) is 0 Å². The first-order valence-electron chi connectivity index (χ1n) is 22.0. The number of nitrogens with one attached hydrogen (secondary N) is 2. The van der Waals surface area contributed by atoms with Gasteiger partial charge in [0.1, 0.15) is 74.1 Å². The van der Waals surface area contributed by atoms with Gasteiger partial charge in [-0.2, -0.15) is 0 Å². The Morgan fingerprint density at radius 3 is 1.00 bits per heavy atom. The Morgan fingerprint density at radius 1 is 0.397 bits per heavy atom. The minimum atomic E-state index is -0.445. The highest BCUT2D eigenvalue weighted by molar-refractivity contribution is 7.80. The van der Waals surface area contributed by atoms with Crippen molar-refractivity contribution in [3.63, 3.8) is 0 Å². The predicted molar refractivity (Wildman–Crippen MR) is 267 cm³/mol. The molecule has 0 heterocycles. The number of rotatable bonds is 22. The van der Waals surface area contributed by atoms with Crippen LogP contribution in [0.4, 0.5) is 11.4 Å². The zero-order valence-corrected chi connectivity index (χ0v) is 37.9. The molecular formula is C56H49N3O8S. The normalized spacial score (nSPS) is 10.6. The first kappa shape index (κ1) is 46.2. The number of nitrogens with zero attached hydrogens (tertiary/aromatic N) is 1. The van der Waals surface area contributed by atoms with Crippen molar-refractivity contribution in [1.82, 2.24) is 5.32 Å². The van der Waals surface area contributed by atoms with Gasteiger partial charge >= 0.3 is 0 Å². The highest BCUT2D eigenvalue weighted by atomic mass is 32.1. The van der Waals surface area contributed by atoms with Gasteiger partial charge in [-0.1, -0.05) is 121 Å². The number of hydrogen-bond donors (Lipinski definition) is 2. The topological polar surface area (TPSA) is 123 Å². The summed E-state index contributed by atoms with van der Waals surface area (Å²) in [5.41, 5.74) is 7.28. The van der Waals surface area contributed by atoms with E-state index in [2.05, 4.69) is 10.6 Å².